The highest BCUT2D eigenvalue weighted by Gasteiger charge is 2.17. The minimum atomic E-state index is -0.614. The predicted molar refractivity (Wildman–Crippen MR) is 108 cm³/mol. The van der Waals surface area contributed by atoms with Crippen LogP contribution in [0.5, 0.6) is 11.5 Å². The van der Waals surface area contributed by atoms with E-state index < -0.39 is 18.5 Å². The molecule has 0 radical (unpaired) electrons. The minimum absolute atomic E-state index is 0.304. The fraction of sp³-hybridized carbons (Fsp3) is 0.250. The van der Waals surface area contributed by atoms with Crippen LogP contribution in [0.1, 0.15) is 21.9 Å². The summed E-state index contributed by atoms with van der Waals surface area (Å²) in [6, 6.07) is 6.96. The Hall–Kier alpha value is -3.33. The minimum Gasteiger partial charge on any atom is -0.497 e. The molecule has 1 amide bonds. The van der Waals surface area contributed by atoms with Crippen molar-refractivity contribution in [2.45, 2.75) is 13.8 Å². The number of amides is 1. The Morgan fingerprint density at radius 3 is 2.62 bits per heavy atom. The van der Waals surface area contributed by atoms with Crippen molar-refractivity contribution in [2.24, 2.45) is 0 Å². The smallest absolute Gasteiger partial charge is 0.342 e. The fourth-order valence-electron chi connectivity index (χ4n) is 2.66. The number of aromatic nitrogens is 1. The summed E-state index contributed by atoms with van der Waals surface area (Å²) >= 11 is 1.25. The summed E-state index contributed by atoms with van der Waals surface area (Å²) in [5.41, 5.74) is 1.71. The van der Waals surface area contributed by atoms with Crippen molar-refractivity contribution in [2.75, 3.05) is 26.1 Å². The summed E-state index contributed by atoms with van der Waals surface area (Å²) in [6.07, 6.45) is 0. The fourth-order valence-corrected chi connectivity index (χ4v) is 3.39. The molecular formula is C20H20N2O6S. The number of hydrogen-bond donors (Lipinski definition) is 1. The second kappa shape index (κ2) is 8.78. The van der Waals surface area contributed by atoms with Gasteiger partial charge in [0.25, 0.3) is 5.91 Å². The standard InChI is InChI=1S/C20H20N2O6S/c1-11-7-15(12(2)28-11)19(24)27-9-18(23)22-20-21-16(10-29-20)14-6-5-13(25-3)8-17(14)26-4/h5-8,10H,9H2,1-4H3,(H,21,22,23). The van der Waals surface area contributed by atoms with E-state index in [1.165, 1.54) is 11.3 Å². The summed E-state index contributed by atoms with van der Waals surface area (Å²) in [5, 5.41) is 4.80. The van der Waals surface area contributed by atoms with E-state index in [0.29, 0.717) is 39.4 Å². The zero-order valence-electron chi connectivity index (χ0n) is 16.4. The van der Waals surface area contributed by atoms with Gasteiger partial charge in [-0.2, -0.15) is 0 Å². The van der Waals surface area contributed by atoms with Gasteiger partial charge in [-0.25, -0.2) is 9.78 Å². The van der Waals surface area contributed by atoms with Crippen molar-refractivity contribution in [3.63, 3.8) is 0 Å². The first-order valence-corrected chi connectivity index (χ1v) is 9.51. The van der Waals surface area contributed by atoms with Crippen molar-refractivity contribution < 1.29 is 28.2 Å². The molecule has 2 heterocycles. The van der Waals surface area contributed by atoms with Gasteiger partial charge in [0.2, 0.25) is 0 Å². The van der Waals surface area contributed by atoms with E-state index in [9.17, 15) is 9.59 Å². The number of esters is 1. The molecule has 0 saturated carbocycles. The number of rotatable bonds is 7. The molecule has 0 saturated heterocycles. The van der Waals surface area contributed by atoms with E-state index >= 15 is 0 Å². The lowest BCUT2D eigenvalue weighted by atomic mass is 10.1. The van der Waals surface area contributed by atoms with Crippen molar-refractivity contribution in [1.82, 2.24) is 4.98 Å². The number of carbonyl (C=O) groups is 2. The Bertz CT molecular complexity index is 1040. The molecule has 2 aromatic heterocycles. The summed E-state index contributed by atoms with van der Waals surface area (Å²) in [4.78, 5) is 28.6. The molecule has 0 unspecified atom stereocenters. The number of hydrogen-bond acceptors (Lipinski definition) is 8. The van der Waals surface area contributed by atoms with Gasteiger partial charge in [0, 0.05) is 17.0 Å². The predicted octanol–water partition coefficient (Wildman–Crippen LogP) is 3.83. The molecule has 1 N–H and O–H groups in total. The molecule has 1 aromatic carbocycles. The van der Waals surface area contributed by atoms with Crippen molar-refractivity contribution in [3.05, 3.63) is 46.7 Å². The van der Waals surface area contributed by atoms with E-state index in [-0.39, 0.29) is 0 Å². The van der Waals surface area contributed by atoms with Crippen LogP contribution >= 0.6 is 11.3 Å². The lowest BCUT2D eigenvalue weighted by Gasteiger charge is -2.08. The molecule has 0 aliphatic carbocycles. The molecule has 3 aromatic rings. The molecule has 0 atom stereocenters. The van der Waals surface area contributed by atoms with E-state index in [0.717, 1.165) is 5.56 Å². The van der Waals surface area contributed by atoms with E-state index in [4.69, 9.17) is 18.6 Å². The van der Waals surface area contributed by atoms with Crippen LogP contribution in [0.4, 0.5) is 5.13 Å². The summed E-state index contributed by atoms with van der Waals surface area (Å²) in [7, 11) is 3.14. The van der Waals surface area contributed by atoms with Gasteiger partial charge in [-0.3, -0.25) is 10.1 Å². The first-order chi connectivity index (χ1) is 13.9. The van der Waals surface area contributed by atoms with Crippen LogP contribution < -0.4 is 14.8 Å². The van der Waals surface area contributed by atoms with Crippen LogP contribution in [0.25, 0.3) is 11.3 Å². The normalized spacial score (nSPS) is 10.5. The van der Waals surface area contributed by atoms with Gasteiger partial charge < -0.3 is 18.6 Å². The van der Waals surface area contributed by atoms with Crippen LogP contribution in [-0.4, -0.2) is 37.7 Å². The third-order valence-electron chi connectivity index (χ3n) is 4.03. The highest BCUT2D eigenvalue weighted by atomic mass is 32.1. The van der Waals surface area contributed by atoms with Crippen LogP contribution in [0.2, 0.25) is 0 Å². The third kappa shape index (κ3) is 4.75. The maximum absolute atomic E-state index is 12.1. The third-order valence-corrected chi connectivity index (χ3v) is 4.79. The van der Waals surface area contributed by atoms with E-state index in [1.807, 2.05) is 6.07 Å². The largest absolute Gasteiger partial charge is 0.497 e. The number of nitrogens with one attached hydrogen (secondary N) is 1. The van der Waals surface area contributed by atoms with Gasteiger partial charge in [-0.1, -0.05) is 0 Å². The first-order valence-electron chi connectivity index (χ1n) is 8.63. The van der Waals surface area contributed by atoms with Gasteiger partial charge in [0.1, 0.15) is 28.6 Å². The Balaban J connectivity index is 1.62. The Kier molecular flexibility index (Phi) is 6.18. The van der Waals surface area contributed by atoms with Crippen LogP contribution in [0.15, 0.2) is 34.1 Å². The second-order valence-electron chi connectivity index (χ2n) is 6.06. The molecule has 8 nitrogen and oxygen atoms in total. The molecule has 29 heavy (non-hydrogen) atoms. The SMILES string of the molecule is COc1ccc(-c2csc(NC(=O)COC(=O)c3cc(C)oc3C)n2)c(OC)c1. The van der Waals surface area contributed by atoms with Gasteiger partial charge in [0.05, 0.1) is 19.9 Å². The lowest BCUT2D eigenvalue weighted by molar-refractivity contribution is -0.119. The number of carbonyl (C=O) groups excluding carboxylic acids is 2. The van der Waals surface area contributed by atoms with Gasteiger partial charge >= 0.3 is 5.97 Å². The average molecular weight is 416 g/mol. The van der Waals surface area contributed by atoms with Crippen molar-refractivity contribution in [1.29, 1.82) is 0 Å². The van der Waals surface area contributed by atoms with Gasteiger partial charge in [0.15, 0.2) is 11.7 Å². The van der Waals surface area contributed by atoms with Crippen LogP contribution in [-0.2, 0) is 9.53 Å². The number of benzene rings is 1. The maximum atomic E-state index is 12.1. The average Bonchev–Trinajstić information content (AvgIpc) is 3.31. The first kappa shape index (κ1) is 20.4. The highest BCUT2D eigenvalue weighted by molar-refractivity contribution is 7.14. The molecule has 0 aliphatic rings. The topological polar surface area (TPSA) is 99.9 Å². The Morgan fingerprint density at radius 2 is 1.97 bits per heavy atom. The summed E-state index contributed by atoms with van der Waals surface area (Å²) in [6.45, 7) is 2.96. The number of aryl methyl sites for hydroxylation is 2. The number of ether oxygens (including phenoxy) is 3. The molecule has 3 rings (SSSR count). The molecule has 0 spiro atoms. The zero-order valence-corrected chi connectivity index (χ0v) is 17.2. The van der Waals surface area contributed by atoms with Crippen molar-refractivity contribution in [3.8, 4) is 22.8 Å². The number of furan rings is 1. The van der Waals surface area contributed by atoms with Crippen LogP contribution in [0.3, 0.4) is 0 Å². The summed E-state index contributed by atoms with van der Waals surface area (Å²) in [5.74, 6) is 1.22. The van der Waals surface area contributed by atoms with Gasteiger partial charge in [-0.15, -0.1) is 11.3 Å². The second-order valence-corrected chi connectivity index (χ2v) is 6.91. The van der Waals surface area contributed by atoms with Crippen LogP contribution in [0, 0.1) is 13.8 Å². The molecule has 0 aliphatic heterocycles. The van der Waals surface area contributed by atoms with E-state index in [1.54, 1.807) is 51.6 Å². The number of thiazole rings is 1. The lowest BCUT2D eigenvalue weighted by Crippen LogP contribution is -2.20. The van der Waals surface area contributed by atoms with Gasteiger partial charge in [-0.05, 0) is 32.0 Å². The number of nitrogens with zero attached hydrogens (tertiary/aromatic N) is 1. The zero-order chi connectivity index (χ0) is 21.0. The molecule has 152 valence electrons. The molecule has 0 fully saturated rings. The number of methoxy groups -OCH3 is 2. The monoisotopic (exact) mass is 416 g/mol. The number of anilines is 1. The quantitative estimate of drug-likeness (QED) is 0.584. The Labute approximate surface area is 171 Å². The van der Waals surface area contributed by atoms with Crippen molar-refractivity contribution >= 4 is 28.3 Å². The molecule has 0 bridgehead atoms. The Morgan fingerprint density at radius 1 is 1.17 bits per heavy atom. The highest BCUT2D eigenvalue weighted by Crippen LogP contribution is 2.34. The molecular weight excluding hydrogens is 396 g/mol. The molecule has 9 heteroatoms. The van der Waals surface area contributed by atoms with E-state index in [2.05, 4.69) is 10.3 Å². The summed E-state index contributed by atoms with van der Waals surface area (Å²) < 4.78 is 20.9. The maximum Gasteiger partial charge on any atom is 0.342 e.